The van der Waals surface area contributed by atoms with E-state index in [1.54, 1.807) is 24.3 Å². The van der Waals surface area contributed by atoms with Crippen LogP contribution in [-0.2, 0) is 11.2 Å². The first-order valence-corrected chi connectivity index (χ1v) is 9.88. The van der Waals surface area contributed by atoms with Gasteiger partial charge in [0, 0.05) is 17.7 Å². The number of hydrogen-bond acceptors (Lipinski definition) is 4. The van der Waals surface area contributed by atoms with Crippen LogP contribution < -0.4 is 11.1 Å². The maximum Gasteiger partial charge on any atom is 0.246 e. The van der Waals surface area contributed by atoms with Crippen LogP contribution in [-0.4, -0.2) is 28.9 Å². The van der Waals surface area contributed by atoms with Crippen molar-refractivity contribution < 1.29 is 14.7 Å². The monoisotopic (exact) mass is 402 g/mol. The Bertz CT molecular complexity index is 1010. The number of nitrogens with two attached hydrogens (primary N) is 1. The fraction of sp³-hybridized carbons (Fsp3) is 0.200. The highest BCUT2D eigenvalue weighted by atomic mass is 16.3. The van der Waals surface area contributed by atoms with Gasteiger partial charge in [-0.25, -0.2) is 0 Å². The maximum atomic E-state index is 12.6. The molecule has 30 heavy (non-hydrogen) atoms. The molecule has 3 rings (SSSR count). The van der Waals surface area contributed by atoms with Gasteiger partial charge in [-0.15, -0.1) is 0 Å². The number of anilines is 1. The molecule has 3 aromatic rings. The molecule has 0 aliphatic heterocycles. The summed E-state index contributed by atoms with van der Waals surface area (Å²) in [6.07, 6.45) is 1.05. The Morgan fingerprint density at radius 2 is 1.60 bits per heavy atom. The second-order valence-electron chi connectivity index (χ2n) is 7.60. The molecule has 3 aromatic carbocycles. The first-order chi connectivity index (χ1) is 14.4. The zero-order chi connectivity index (χ0) is 21.6. The molecular formula is C25H26N2O3. The number of amides is 1. The van der Waals surface area contributed by atoms with E-state index in [1.807, 2.05) is 30.3 Å². The second kappa shape index (κ2) is 9.48. The van der Waals surface area contributed by atoms with Crippen LogP contribution >= 0.6 is 0 Å². The number of carbonyl (C=O) groups excluding carboxylic acids is 2. The maximum absolute atomic E-state index is 12.6. The highest BCUT2D eigenvalue weighted by molar-refractivity contribution is 5.99. The second-order valence-corrected chi connectivity index (χ2v) is 7.60. The van der Waals surface area contributed by atoms with Crippen molar-refractivity contribution in [1.29, 1.82) is 0 Å². The molecule has 1 atom stereocenters. The van der Waals surface area contributed by atoms with E-state index in [0.29, 0.717) is 24.1 Å². The number of hydrogen-bond donors (Lipinski definition) is 3. The fourth-order valence-corrected chi connectivity index (χ4v) is 3.02. The Labute approximate surface area is 176 Å². The molecule has 0 bridgehead atoms. The minimum atomic E-state index is -1.36. The zero-order valence-corrected chi connectivity index (χ0v) is 17.0. The third-order valence-electron chi connectivity index (χ3n) is 4.99. The average Bonchev–Trinajstić information content (AvgIpc) is 2.78. The summed E-state index contributed by atoms with van der Waals surface area (Å²) in [5.41, 5.74) is 8.86. The molecule has 0 aliphatic carbocycles. The van der Waals surface area contributed by atoms with E-state index >= 15 is 0 Å². The molecule has 0 aromatic heterocycles. The topological polar surface area (TPSA) is 92.4 Å². The molecule has 0 saturated heterocycles. The molecule has 5 heteroatoms. The Morgan fingerprint density at radius 3 is 2.27 bits per heavy atom. The van der Waals surface area contributed by atoms with Crippen LogP contribution in [0.15, 0.2) is 78.9 Å². The van der Waals surface area contributed by atoms with Gasteiger partial charge in [0.25, 0.3) is 0 Å². The van der Waals surface area contributed by atoms with Crippen molar-refractivity contribution in [1.82, 2.24) is 0 Å². The zero-order valence-electron chi connectivity index (χ0n) is 17.0. The molecular weight excluding hydrogens is 376 g/mol. The number of carbonyl (C=O) groups is 2. The minimum Gasteiger partial charge on any atom is -0.394 e. The van der Waals surface area contributed by atoms with Crippen molar-refractivity contribution in [2.45, 2.75) is 25.3 Å². The predicted octanol–water partition coefficient (Wildman–Crippen LogP) is 3.82. The van der Waals surface area contributed by atoms with E-state index in [1.165, 1.54) is 6.92 Å². The number of nitrogens with one attached hydrogen (secondary N) is 1. The highest BCUT2D eigenvalue weighted by Gasteiger charge is 2.27. The number of rotatable bonds is 8. The number of aliphatic hydroxyl groups excluding tert-OH is 1. The van der Waals surface area contributed by atoms with Crippen molar-refractivity contribution in [3.63, 3.8) is 0 Å². The largest absolute Gasteiger partial charge is 0.394 e. The van der Waals surface area contributed by atoms with Gasteiger partial charge in [-0.3, -0.25) is 9.59 Å². The van der Waals surface area contributed by atoms with E-state index in [2.05, 4.69) is 29.6 Å². The van der Waals surface area contributed by atoms with Crippen LogP contribution in [0.4, 0.5) is 5.69 Å². The molecule has 0 fully saturated rings. The van der Waals surface area contributed by atoms with Crippen molar-refractivity contribution in [3.05, 3.63) is 90.0 Å². The first kappa shape index (κ1) is 21.4. The summed E-state index contributed by atoms with van der Waals surface area (Å²) in [6.45, 7) is 0.994. The lowest BCUT2D eigenvalue weighted by atomic mass is 9.98. The summed E-state index contributed by atoms with van der Waals surface area (Å²) in [6, 6.07) is 25.1. The number of ketones is 1. The van der Waals surface area contributed by atoms with E-state index in [0.717, 1.165) is 16.7 Å². The van der Waals surface area contributed by atoms with Crippen LogP contribution in [0, 0.1) is 0 Å². The van der Waals surface area contributed by atoms with Crippen LogP contribution in [0.2, 0.25) is 0 Å². The van der Waals surface area contributed by atoms with Gasteiger partial charge in [0.2, 0.25) is 5.91 Å². The fourth-order valence-electron chi connectivity index (χ4n) is 3.02. The Hall–Kier alpha value is -3.28. The number of aryl methyl sites for hydroxylation is 1. The van der Waals surface area contributed by atoms with E-state index in [9.17, 15) is 9.59 Å². The normalized spacial score (nSPS) is 12.8. The SMILES string of the molecule is C[C@](N)(CO)C(=O)Nc1ccc(C(=O)CCc2cccc(-c3ccccc3)c2)cc1. The third kappa shape index (κ3) is 5.41. The molecule has 0 saturated carbocycles. The lowest BCUT2D eigenvalue weighted by molar-refractivity contribution is -0.121. The van der Waals surface area contributed by atoms with E-state index in [4.69, 9.17) is 10.8 Å². The first-order valence-electron chi connectivity index (χ1n) is 9.88. The summed E-state index contributed by atoms with van der Waals surface area (Å²) in [5.74, 6) is -0.445. The van der Waals surface area contributed by atoms with Gasteiger partial charge in [-0.05, 0) is 54.3 Å². The summed E-state index contributed by atoms with van der Waals surface area (Å²) < 4.78 is 0. The Morgan fingerprint density at radius 1 is 0.933 bits per heavy atom. The third-order valence-corrected chi connectivity index (χ3v) is 4.99. The molecule has 0 spiro atoms. The van der Waals surface area contributed by atoms with Gasteiger partial charge in [-0.1, -0.05) is 54.6 Å². The molecule has 5 nitrogen and oxygen atoms in total. The average molecular weight is 402 g/mol. The molecule has 1 amide bonds. The standard InChI is InChI=1S/C25H26N2O3/c1-25(26,17-28)24(30)27-22-13-11-20(12-14-22)23(29)15-10-18-6-5-9-21(16-18)19-7-3-2-4-8-19/h2-9,11-14,16,28H,10,15,17,26H2,1H3,(H,27,30)/t25-/m0/s1. The molecule has 0 heterocycles. The molecule has 154 valence electrons. The molecule has 4 N–H and O–H groups in total. The van der Waals surface area contributed by atoms with Crippen molar-refractivity contribution in [2.75, 3.05) is 11.9 Å². The molecule has 0 unspecified atom stereocenters. The van der Waals surface area contributed by atoms with Gasteiger partial charge in [0.15, 0.2) is 5.78 Å². The van der Waals surface area contributed by atoms with Gasteiger partial charge in [0.1, 0.15) is 5.54 Å². The van der Waals surface area contributed by atoms with Crippen molar-refractivity contribution in [2.24, 2.45) is 5.73 Å². The lowest BCUT2D eigenvalue weighted by Gasteiger charge is -2.20. The Balaban J connectivity index is 1.60. The van der Waals surface area contributed by atoms with E-state index < -0.39 is 18.1 Å². The van der Waals surface area contributed by atoms with Crippen molar-refractivity contribution >= 4 is 17.4 Å². The van der Waals surface area contributed by atoms with Gasteiger partial charge in [-0.2, -0.15) is 0 Å². The number of Topliss-reactive ketones (excluding diaryl/α,β-unsaturated/α-hetero) is 1. The van der Waals surface area contributed by atoms with Crippen LogP contribution in [0.25, 0.3) is 11.1 Å². The van der Waals surface area contributed by atoms with Crippen molar-refractivity contribution in [3.8, 4) is 11.1 Å². The Kier molecular flexibility index (Phi) is 6.77. The summed E-state index contributed by atoms with van der Waals surface area (Å²) in [5, 5.41) is 11.8. The van der Waals surface area contributed by atoms with Gasteiger partial charge < -0.3 is 16.2 Å². The van der Waals surface area contributed by atoms with Crippen LogP contribution in [0.3, 0.4) is 0 Å². The lowest BCUT2D eigenvalue weighted by Crippen LogP contribution is -2.51. The van der Waals surface area contributed by atoms with Gasteiger partial charge in [0.05, 0.1) is 6.61 Å². The van der Waals surface area contributed by atoms with Crippen LogP contribution in [0.5, 0.6) is 0 Å². The number of aliphatic hydroxyl groups is 1. The minimum absolute atomic E-state index is 0.0389. The highest BCUT2D eigenvalue weighted by Crippen LogP contribution is 2.21. The van der Waals surface area contributed by atoms with Crippen LogP contribution in [0.1, 0.15) is 29.3 Å². The smallest absolute Gasteiger partial charge is 0.246 e. The van der Waals surface area contributed by atoms with Gasteiger partial charge >= 0.3 is 0 Å². The molecule has 0 aliphatic rings. The predicted molar refractivity (Wildman–Crippen MR) is 119 cm³/mol. The molecule has 0 radical (unpaired) electrons. The van der Waals surface area contributed by atoms with E-state index in [-0.39, 0.29) is 5.78 Å². The summed E-state index contributed by atoms with van der Waals surface area (Å²) in [7, 11) is 0. The summed E-state index contributed by atoms with van der Waals surface area (Å²) in [4.78, 5) is 24.6. The quantitative estimate of drug-likeness (QED) is 0.500. The number of benzene rings is 3. The summed E-state index contributed by atoms with van der Waals surface area (Å²) >= 11 is 0.